The molecule has 1 saturated heterocycles. The molecular formula is C17H25BrClNO3. The van der Waals surface area contributed by atoms with Crippen LogP contribution in [-0.4, -0.2) is 42.6 Å². The SMILES string of the molecule is CCC(OC)C(Oc1ccccc1Br)C(O)(Cl)[C@@H]1CCCNC1. The number of ether oxygens (including phenoxy) is 2. The number of aliphatic hydroxyl groups is 1. The standard InChI is InChI=1S/C17H25BrClNO3/c1-3-14(22-2)16(23-15-9-5-4-8-13(15)18)17(19,21)12-7-6-10-20-11-12/h4-5,8-9,12,14,16,20-21H,3,6-7,10-11H2,1-2H3/t12-,14?,16?,17?/m1/s1. The van der Waals surface area contributed by atoms with Gasteiger partial charge in [-0.1, -0.05) is 30.7 Å². The van der Waals surface area contributed by atoms with E-state index in [4.69, 9.17) is 21.1 Å². The Morgan fingerprint density at radius 1 is 1.48 bits per heavy atom. The second kappa shape index (κ2) is 8.67. The number of piperidine rings is 1. The van der Waals surface area contributed by atoms with Gasteiger partial charge in [0.2, 0.25) is 0 Å². The fraction of sp³-hybridized carbons (Fsp3) is 0.647. The van der Waals surface area contributed by atoms with Gasteiger partial charge in [0.25, 0.3) is 0 Å². The predicted molar refractivity (Wildman–Crippen MR) is 96.0 cm³/mol. The molecule has 0 aromatic heterocycles. The molecule has 1 aliphatic rings. The summed E-state index contributed by atoms with van der Waals surface area (Å²) in [6, 6.07) is 7.55. The van der Waals surface area contributed by atoms with Crippen molar-refractivity contribution in [1.82, 2.24) is 5.32 Å². The first-order chi connectivity index (χ1) is 11.0. The monoisotopic (exact) mass is 405 g/mol. The van der Waals surface area contributed by atoms with Crippen LogP contribution < -0.4 is 10.1 Å². The van der Waals surface area contributed by atoms with Crippen LogP contribution in [-0.2, 0) is 4.74 Å². The lowest BCUT2D eigenvalue weighted by Gasteiger charge is -2.41. The Hall–Kier alpha value is -0.330. The molecule has 0 saturated carbocycles. The Kier molecular flexibility index (Phi) is 7.17. The zero-order chi connectivity index (χ0) is 16.9. The van der Waals surface area contributed by atoms with Gasteiger partial charge in [0, 0.05) is 19.6 Å². The van der Waals surface area contributed by atoms with Gasteiger partial charge in [-0.3, -0.25) is 0 Å². The minimum absolute atomic E-state index is 0.0883. The molecule has 0 spiro atoms. The summed E-state index contributed by atoms with van der Waals surface area (Å²) in [5.74, 6) is 0.561. The molecule has 2 N–H and O–H groups in total. The van der Waals surface area contributed by atoms with Gasteiger partial charge in [0.15, 0.2) is 11.2 Å². The van der Waals surface area contributed by atoms with Gasteiger partial charge in [-0.25, -0.2) is 0 Å². The molecule has 3 unspecified atom stereocenters. The highest BCUT2D eigenvalue weighted by Gasteiger charge is 2.48. The lowest BCUT2D eigenvalue weighted by atomic mass is 9.87. The molecule has 0 radical (unpaired) electrons. The van der Waals surface area contributed by atoms with E-state index in [9.17, 15) is 5.11 Å². The normalized spacial score (nSPS) is 23.8. The minimum atomic E-state index is -1.50. The Morgan fingerprint density at radius 3 is 2.78 bits per heavy atom. The molecule has 0 aliphatic carbocycles. The average molecular weight is 407 g/mol. The summed E-state index contributed by atoms with van der Waals surface area (Å²) in [4.78, 5) is 0. The van der Waals surface area contributed by atoms with Crippen molar-refractivity contribution in [3.8, 4) is 5.75 Å². The number of methoxy groups -OCH3 is 1. The molecule has 1 aromatic rings. The van der Waals surface area contributed by atoms with Crippen molar-refractivity contribution >= 4 is 27.5 Å². The summed E-state index contributed by atoms with van der Waals surface area (Å²) in [6.07, 6.45) is 1.59. The van der Waals surface area contributed by atoms with Crippen LogP contribution in [0.25, 0.3) is 0 Å². The number of rotatable bonds is 7. The quantitative estimate of drug-likeness (QED) is 0.680. The van der Waals surface area contributed by atoms with E-state index < -0.39 is 11.2 Å². The Bertz CT molecular complexity index is 490. The second-order valence-corrected chi connectivity index (χ2v) is 7.38. The van der Waals surface area contributed by atoms with E-state index in [0.717, 1.165) is 23.9 Å². The molecule has 6 heteroatoms. The molecule has 4 nitrogen and oxygen atoms in total. The fourth-order valence-corrected chi connectivity index (χ4v) is 3.78. The first-order valence-corrected chi connectivity index (χ1v) is 9.23. The van der Waals surface area contributed by atoms with E-state index in [1.807, 2.05) is 31.2 Å². The first-order valence-electron chi connectivity index (χ1n) is 8.06. The highest BCUT2D eigenvalue weighted by molar-refractivity contribution is 9.10. The maximum absolute atomic E-state index is 11.1. The van der Waals surface area contributed by atoms with E-state index in [1.165, 1.54) is 0 Å². The number of halogens is 2. The zero-order valence-corrected chi connectivity index (χ0v) is 15.9. The van der Waals surface area contributed by atoms with Crippen LogP contribution in [0.15, 0.2) is 28.7 Å². The lowest BCUT2D eigenvalue weighted by Crippen LogP contribution is -2.56. The fourth-order valence-electron chi connectivity index (χ4n) is 3.03. The van der Waals surface area contributed by atoms with Gasteiger partial charge in [0.05, 0.1) is 10.6 Å². The Labute approximate surface area is 151 Å². The van der Waals surface area contributed by atoms with Gasteiger partial charge in [-0.05, 0) is 53.9 Å². The van der Waals surface area contributed by atoms with Crippen LogP contribution in [0.4, 0.5) is 0 Å². The van der Waals surface area contributed by atoms with Crippen LogP contribution in [0.1, 0.15) is 26.2 Å². The summed E-state index contributed by atoms with van der Waals surface area (Å²) in [5.41, 5.74) is 0. The number of alkyl halides is 1. The van der Waals surface area contributed by atoms with Gasteiger partial charge in [0.1, 0.15) is 5.75 Å². The van der Waals surface area contributed by atoms with E-state index in [2.05, 4.69) is 21.2 Å². The third kappa shape index (κ3) is 4.60. The number of nitrogens with one attached hydrogen (secondary N) is 1. The van der Waals surface area contributed by atoms with Crippen molar-refractivity contribution in [3.05, 3.63) is 28.7 Å². The van der Waals surface area contributed by atoms with E-state index in [-0.39, 0.29) is 12.0 Å². The molecular weight excluding hydrogens is 382 g/mol. The zero-order valence-electron chi connectivity index (χ0n) is 13.6. The first kappa shape index (κ1) is 19.0. The van der Waals surface area contributed by atoms with Crippen LogP contribution >= 0.6 is 27.5 Å². The molecule has 1 aromatic carbocycles. The van der Waals surface area contributed by atoms with Gasteiger partial charge < -0.3 is 19.9 Å². The van der Waals surface area contributed by atoms with Crippen molar-refractivity contribution < 1.29 is 14.6 Å². The molecule has 1 aliphatic heterocycles. The highest BCUT2D eigenvalue weighted by Crippen LogP contribution is 2.37. The third-order valence-corrected chi connectivity index (χ3v) is 5.58. The second-order valence-electron chi connectivity index (χ2n) is 5.92. The van der Waals surface area contributed by atoms with Crippen molar-refractivity contribution in [2.75, 3.05) is 20.2 Å². The predicted octanol–water partition coefficient (Wildman–Crippen LogP) is 3.55. The molecule has 0 amide bonds. The molecule has 2 rings (SSSR count). The lowest BCUT2D eigenvalue weighted by molar-refractivity contribution is -0.108. The highest BCUT2D eigenvalue weighted by atomic mass is 79.9. The van der Waals surface area contributed by atoms with Crippen molar-refractivity contribution in [1.29, 1.82) is 0 Å². The summed E-state index contributed by atoms with van der Waals surface area (Å²) >= 11 is 10.1. The molecule has 4 atom stereocenters. The third-order valence-electron chi connectivity index (χ3n) is 4.40. The van der Waals surface area contributed by atoms with Crippen LogP contribution in [0, 0.1) is 5.92 Å². The molecule has 23 heavy (non-hydrogen) atoms. The maximum atomic E-state index is 11.1. The topological polar surface area (TPSA) is 50.7 Å². The number of hydrogen-bond acceptors (Lipinski definition) is 4. The molecule has 1 fully saturated rings. The summed E-state index contributed by atoms with van der Waals surface area (Å²) in [7, 11) is 1.62. The van der Waals surface area contributed by atoms with Crippen molar-refractivity contribution in [2.45, 2.75) is 43.5 Å². The maximum Gasteiger partial charge on any atom is 0.182 e. The van der Waals surface area contributed by atoms with E-state index in [1.54, 1.807) is 7.11 Å². The Balaban J connectivity index is 2.27. The number of benzene rings is 1. The molecule has 1 heterocycles. The van der Waals surface area contributed by atoms with E-state index in [0.29, 0.717) is 18.7 Å². The summed E-state index contributed by atoms with van der Waals surface area (Å²) in [6.45, 7) is 3.63. The van der Waals surface area contributed by atoms with Gasteiger partial charge in [-0.2, -0.15) is 0 Å². The van der Waals surface area contributed by atoms with Crippen LogP contribution in [0.2, 0.25) is 0 Å². The summed E-state index contributed by atoms with van der Waals surface area (Å²) in [5, 5.41) is 12.9. The van der Waals surface area contributed by atoms with Crippen molar-refractivity contribution in [2.24, 2.45) is 5.92 Å². The largest absolute Gasteiger partial charge is 0.482 e. The van der Waals surface area contributed by atoms with Gasteiger partial charge >= 0.3 is 0 Å². The Morgan fingerprint density at radius 2 is 2.22 bits per heavy atom. The smallest absolute Gasteiger partial charge is 0.182 e. The molecule has 130 valence electrons. The average Bonchev–Trinajstić information content (AvgIpc) is 2.57. The number of hydrogen-bond donors (Lipinski definition) is 2. The number of para-hydroxylation sites is 1. The minimum Gasteiger partial charge on any atom is -0.482 e. The van der Waals surface area contributed by atoms with Crippen LogP contribution in [0.5, 0.6) is 5.75 Å². The van der Waals surface area contributed by atoms with Crippen LogP contribution in [0.3, 0.4) is 0 Å². The molecule has 0 bridgehead atoms. The van der Waals surface area contributed by atoms with Gasteiger partial charge in [-0.15, -0.1) is 0 Å². The van der Waals surface area contributed by atoms with Crippen molar-refractivity contribution in [3.63, 3.8) is 0 Å². The summed E-state index contributed by atoms with van der Waals surface area (Å²) < 4.78 is 12.5. The van der Waals surface area contributed by atoms with E-state index >= 15 is 0 Å².